The molecular formula is C15H22BrNO. The van der Waals surface area contributed by atoms with Crippen LogP contribution in [0.5, 0.6) is 5.75 Å². The van der Waals surface area contributed by atoms with Gasteiger partial charge in [0.1, 0.15) is 5.75 Å². The van der Waals surface area contributed by atoms with E-state index in [1.54, 1.807) is 0 Å². The maximum Gasteiger partial charge on any atom is 0.119 e. The summed E-state index contributed by atoms with van der Waals surface area (Å²) in [6, 6.07) is 6.58. The lowest BCUT2D eigenvalue weighted by Gasteiger charge is -2.12. The summed E-state index contributed by atoms with van der Waals surface area (Å²) in [5.41, 5.74) is 2.37. The maximum atomic E-state index is 5.71. The zero-order valence-corrected chi connectivity index (χ0v) is 13.0. The van der Waals surface area contributed by atoms with E-state index in [2.05, 4.69) is 47.7 Å². The first-order valence-electron chi connectivity index (χ1n) is 6.28. The van der Waals surface area contributed by atoms with Crippen LogP contribution in [0.4, 0.5) is 0 Å². The second-order valence-corrected chi connectivity index (χ2v) is 5.70. The summed E-state index contributed by atoms with van der Waals surface area (Å²) in [4.78, 5) is 0. The SMILES string of the molecule is C=C(C)CCOc1ccc(Br)c(CNC(C)C)c1. The van der Waals surface area contributed by atoms with Gasteiger partial charge in [0.05, 0.1) is 6.61 Å². The number of rotatable bonds is 7. The number of halogens is 1. The highest BCUT2D eigenvalue weighted by Gasteiger charge is 2.03. The fourth-order valence-corrected chi connectivity index (χ4v) is 1.82. The summed E-state index contributed by atoms with van der Waals surface area (Å²) in [5, 5.41) is 3.40. The lowest BCUT2D eigenvalue weighted by Crippen LogP contribution is -2.22. The summed E-state index contributed by atoms with van der Waals surface area (Å²) in [6.45, 7) is 11.7. The summed E-state index contributed by atoms with van der Waals surface area (Å²) >= 11 is 3.56. The van der Waals surface area contributed by atoms with Crippen LogP contribution in [0.2, 0.25) is 0 Å². The first kappa shape index (κ1) is 15.3. The summed E-state index contributed by atoms with van der Waals surface area (Å²) in [6.07, 6.45) is 0.898. The molecule has 0 aliphatic heterocycles. The monoisotopic (exact) mass is 311 g/mol. The first-order chi connectivity index (χ1) is 8.49. The van der Waals surface area contributed by atoms with Gasteiger partial charge in [0.2, 0.25) is 0 Å². The fraction of sp³-hybridized carbons (Fsp3) is 0.467. The van der Waals surface area contributed by atoms with Gasteiger partial charge in [-0.3, -0.25) is 0 Å². The highest BCUT2D eigenvalue weighted by atomic mass is 79.9. The van der Waals surface area contributed by atoms with E-state index in [9.17, 15) is 0 Å². The molecule has 0 spiro atoms. The Balaban J connectivity index is 2.59. The number of nitrogens with one attached hydrogen (secondary N) is 1. The fourth-order valence-electron chi connectivity index (χ4n) is 1.43. The Morgan fingerprint density at radius 3 is 2.78 bits per heavy atom. The molecule has 1 aromatic rings. The molecule has 2 nitrogen and oxygen atoms in total. The van der Waals surface area contributed by atoms with Gasteiger partial charge < -0.3 is 10.1 Å². The van der Waals surface area contributed by atoms with Gasteiger partial charge in [-0.1, -0.05) is 35.4 Å². The zero-order valence-electron chi connectivity index (χ0n) is 11.4. The average molecular weight is 312 g/mol. The van der Waals surface area contributed by atoms with Crippen molar-refractivity contribution >= 4 is 15.9 Å². The molecule has 0 aliphatic carbocycles. The molecule has 1 aromatic carbocycles. The third kappa shape index (κ3) is 5.69. The van der Waals surface area contributed by atoms with Gasteiger partial charge in [-0.05, 0) is 30.7 Å². The van der Waals surface area contributed by atoms with Gasteiger partial charge in [0.15, 0.2) is 0 Å². The Morgan fingerprint density at radius 1 is 1.44 bits per heavy atom. The molecule has 0 aromatic heterocycles. The highest BCUT2D eigenvalue weighted by molar-refractivity contribution is 9.10. The van der Waals surface area contributed by atoms with Crippen molar-refractivity contribution in [2.75, 3.05) is 6.61 Å². The predicted molar refractivity (Wildman–Crippen MR) is 81.0 cm³/mol. The summed E-state index contributed by atoms with van der Waals surface area (Å²) in [7, 11) is 0. The Morgan fingerprint density at radius 2 is 2.17 bits per heavy atom. The molecule has 0 radical (unpaired) electrons. The van der Waals surface area contributed by atoms with Crippen LogP contribution in [0.1, 0.15) is 32.8 Å². The Kier molecular flexibility index (Phi) is 6.44. The Labute approximate surface area is 119 Å². The highest BCUT2D eigenvalue weighted by Crippen LogP contribution is 2.23. The molecule has 0 unspecified atom stereocenters. The molecule has 0 saturated carbocycles. The van der Waals surface area contributed by atoms with Gasteiger partial charge >= 0.3 is 0 Å². The number of ether oxygens (including phenoxy) is 1. The summed E-state index contributed by atoms with van der Waals surface area (Å²) < 4.78 is 6.82. The van der Waals surface area contributed by atoms with Crippen LogP contribution in [0.25, 0.3) is 0 Å². The maximum absolute atomic E-state index is 5.71. The molecule has 0 aliphatic rings. The average Bonchev–Trinajstić information content (AvgIpc) is 2.29. The molecule has 1 N–H and O–H groups in total. The molecule has 0 saturated heterocycles. The van der Waals surface area contributed by atoms with E-state index in [1.807, 2.05) is 19.1 Å². The first-order valence-corrected chi connectivity index (χ1v) is 7.07. The molecule has 100 valence electrons. The Bertz CT molecular complexity index is 401. The van der Waals surface area contributed by atoms with Crippen LogP contribution in [0.3, 0.4) is 0 Å². The van der Waals surface area contributed by atoms with Crippen LogP contribution in [0.15, 0.2) is 34.8 Å². The minimum Gasteiger partial charge on any atom is -0.493 e. The van der Waals surface area contributed by atoms with Crippen molar-refractivity contribution in [3.8, 4) is 5.75 Å². The molecule has 1 rings (SSSR count). The van der Waals surface area contributed by atoms with E-state index in [0.29, 0.717) is 12.6 Å². The molecule has 0 bridgehead atoms. The molecule has 0 heterocycles. The van der Waals surface area contributed by atoms with Crippen LogP contribution in [-0.4, -0.2) is 12.6 Å². The van der Waals surface area contributed by atoms with Gasteiger partial charge in [0.25, 0.3) is 0 Å². The predicted octanol–water partition coefficient (Wildman–Crippen LogP) is 4.29. The van der Waals surface area contributed by atoms with E-state index in [1.165, 1.54) is 5.56 Å². The smallest absolute Gasteiger partial charge is 0.119 e. The van der Waals surface area contributed by atoms with Crippen molar-refractivity contribution < 1.29 is 4.74 Å². The Hall–Kier alpha value is -0.800. The minimum absolute atomic E-state index is 0.477. The largest absolute Gasteiger partial charge is 0.493 e. The topological polar surface area (TPSA) is 21.3 Å². The van der Waals surface area contributed by atoms with E-state index < -0.39 is 0 Å². The number of benzene rings is 1. The van der Waals surface area contributed by atoms with E-state index in [0.717, 1.165) is 28.8 Å². The van der Waals surface area contributed by atoms with Crippen molar-refractivity contribution in [3.05, 3.63) is 40.4 Å². The van der Waals surface area contributed by atoms with Crippen molar-refractivity contribution in [2.24, 2.45) is 0 Å². The molecule has 18 heavy (non-hydrogen) atoms. The number of hydrogen-bond donors (Lipinski definition) is 1. The second kappa shape index (κ2) is 7.59. The molecule has 0 fully saturated rings. The quantitative estimate of drug-likeness (QED) is 0.758. The zero-order chi connectivity index (χ0) is 13.5. The third-order valence-corrected chi connectivity index (χ3v) is 3.29. The lowest BCUT2D eigenvalue weighted by atomic mass is 10.2. The van der Waals surface area contributed by atoms with Crippen molar-refractivity contribution in [1.82, 2.24) is 5.32 Å². The number of hydrogen-bond acceptors (Lipinski definition) is 2. The molecule has 0 amide bonds. The van der Waals surface area contributed by atoms with E-state index in [4.69, 9.17) is 4.74 Å². The van der Waals surface area contributed by atoms with E-state index in [-0.39, 0.29) is 0 Å². The van der Waals surface area contributed by atoms with Gasteiger partial charge in [-0.25, -0.2) is 0 Å². The van der Waals surface area contributed by atoms with Crippen LogP contribution >= 0.6 is 15.9 Å². The summed E-state index contributed by atoms with van der Waals surface area (Å²) in [5.74, 6) is 0.917. The van der Waals surface area contributed by atoms with Crippen molar-refractivity contribution in [2.45, 2.75) is 39.8 Å². The van der Waals surface area contributed by atoms with Crippen LogP contribution in [0, 0.1) is 0 Å². The molecular weight excluding hydrogens is 290 g/mol. The van der Waals surface area contributed by atoms with Crippen LogP contribution < -0.4 is 10.1 Å². The van der Waals surface area contributed by atoms with Crippen molar-refractivity contribution in [3.63, 3.8) is 0 Å². The third-order valence-electron chi connectivity index (χ3n) is 2.52. The second-order valence-electron chi connectivity index (χ2n) is 4.84. The van der Waals surface area contributed by atoms with Gasteiger partial charge in [-0.15, -0.1) is 6.58 Å². The van der Waals surface area contributed by atoms with Crippen molar-refractivity contribution in [1.29, 1.82) is 0 Å². The van der Waals surface area contributed by atoms with Crippen LogP contribution in [-0.2, 0) is 6.54 Å². The standard InChI is InChI=1S/C15H22BrNO/c1-11(2)7-8-18-14-5-6-15(16)13(9-14)10-17-12(3)4/h5-6,9,12,17H,1,7-8,10H2,2-4H3. The minimum atomic E-state index is 0.477. The lowest BCUT2D eigenvalue weighted by molar-refractivity contribution is 0.321. The van der Waals surface area contributed by atoms with Gasteiger partial charge in [0, 0.05) is 23.5 Å². The normalized spacial score (nSPS) is 10.7. The molecule has 3 heteroatoms. The molecule has 0 atom stereocenters. The van der Waals surface area contributed by atoms with E-state index >= 15 is 0 Å². The van der Waals surface area contributed by atoms with Gasteiger partial charge in [-0.2, -0.15) is 0 Å².